The number of ketones is 1. The van der Waals surface area contributed by atoms with Crippen LogP contribution in [0.15, 0.2) is 42.1 Å². The zero-order chi connectivity index (χ0) is 16.9. The van der Waals surface area contributed by atoms with Gasteiger partial charge in [0, 0.05) is 24.6 Å². The molecule has 0 radical (unpaired) electrons. The van der Waals surface area contributed by atoms with Crippen LogP contribution in [-0.2, 0) is 20.7 Å². The summed E-state index contributed by atoms with van der Waals surface area (Å²) in [5, 5.41) is 3.24. The zero-order valence-corrected chi connectivity index (χ0v) is 14.1. The minimum Gasteiger partial charge on any atom is -0.464 e. The van der Waals surface area contributed by atoms with E-state index in [9.17, 15) is 9.59 Å². The first kappa shape index (κ1) is 17.3. The van der Waals surface area contributed by atoms with Gasteiger partial charge in [-0.2, -0.15) is 0 Å². The van der Waals surface area contributed by atoms with Gasteiger partial charge < -0.3 is 10.1 Å². The van der Waals surface area contributed by atoms with Crippen molar-refractivity contribution >= 4 is 11.8 Å². The molecule has 2 rings (SSSR count). The highest BCUT2D eigenvalue weighted by Crippen LogP contribution is 2.32. The second-order valence-electron chi connectivity index (χ2n) is 6.79. The Kier molecular flexibility index (Phi) is 5.59. The molecule has 0 amide bonds. The fraction of sp³-hybridized carbons (Fsp3) is 0.474. The zero-order valence-electron chi connectivity index (χ0n) is 14.1. The van der Waals surface area contributed by atoms with Gasteiger partial charge in [-0.25, -0.2) is 4.79 Å². The molecule has 1 aromatic carbocycles. The number of esters is 1. The van der Waals surface area contributed by atoms with Gasteiger partial charge in [-0.3, -0.25) is 4.79 Å². The molecule has 0 aromatic heterocycles. The van der Waals surface area contributed by atoms with Gasteiger partial charge in [-0.05, 0) is 24.3 Å². The Morgan fingerprint density at radius 1 is 1.26 bits per heavy atom. The van der Waals surface area contributed by atoms with E-state index < -0.39 is 6.04 Å². The highest BCUT2D eigenvalue weighted by molar-refractivity contribution is 5.92. The Bertz CT molecular complexity index is 590. The van der Waals surface area contributed by atoms with Gasteiger partial charge in [-0.15, -0.1) is 0 Å². The summed E-state index contributed by atoms with van der Waals surface area (Å²) in [5.41, 5.74) is 1.79. The molecular weight excluding hydrogens is 290 g/mol. The number of benzene rings is 1. The van der Waals surface area contributed by atoms with Crippen molar-refractivity contribution in [3.05, 3.63) is 47.7 Å². The molecule has 0 saturated heterocycles. The lowest BCUT2D eigenvalue weighted by Gasteiger charge is -2.31. The summed E-state index contributed by atoms with van der Waals surface area (Å²) in [5.74, 6) is -0.181. The van der Waals surface area contributed by atoms with E-state index in [1.54, 1.807) is 13.0 Å². The van der Waals surface area contributed by atoms with Crippen molar-refractivity contribution in [2.75, 3.05) is 6.61 Å². The lowest BCUT2D eigenvalue weighted by molar-refractivity contribution is -0.145. The number of carbonyl (C=O) groups is 2. The maximum absolute atomic E-state index is 12.3. The van der Waals surface area contributed by atoms with E-state index in [1.165, 1.54) is 0 Å². The standard InChI is InChI=1S/C19H25NO3/c1-4-23-18(22)17(10-14-8-6-5-7-9-14)20-15-11-16(21)13-19(2,3)12-15/h5-9,11,17,20H,4,10,12-13H2,1-3H3/t17-/m1/s1. The molecule has 4 nitrogen and oxygen atoms in total. The van der Waals surface area contributed by atoms with E-state index in [4.69, 9.17) is 4.74 Å². The monoisotopic (exact) mass is 315 g/mol. The van der Waals surface area contributed by atoms with E-state index in [1.807, 2.05) is 30.3 Å². The first-order valence-electron chi connectivity index (χ1n) is 8.10. The predicted octanol–water partition coefficient (Wildman–Crippen LogP) is 3.02. The maximum Gasteiger partial charge on any atom is 0.328 e. The Labute approximate surface area is 137 Å². The van der Waals surface area contributed by atoms with Crippen molar-refractivity contribution in [1.82, 2.24) is 5.32 Å². The fourth-order valence-corrected chi connectivity index (χ4v) is 2.95. The highest BCUT2D eigenvalue weighted by atomic mass is 16.5. The summed E-state index contributed by atoms with van der Waals surface area (Å²) in [7, 11) is 0. The largest absolute Gasteiger partial charge is 0.464 e. The van der Waals surface area contributed by atoms with Crippen molar-refractivity contribution in [1.29, 1.82) is 0 Å². The number of ether oxygens (including phenoxy) is 1. The Balaban J connectivity index is 2.14. The molecule has 0 unspecified atom stereocenters. The van der Waals surface area contributed by atoms with Gasteiger partial charge in [0.2, 0.25) is 0 Å². The molecule has 0 spiro atoms. The molecule has 1 aliphatic carbocycles. The smallest absolute Gasteiger partial charge is 0.328 e. The number of rotatable bonds is 6. The van der Waals surface area contributed by atoms with Gasteiger partial charge >= 0.3 is 5.97 Å². The van der Waals surface area contributed by atoms with Crippen molar-refractivity contribution in [3.8, 4) is 0 Å². The van der Waals surface area contributed by atoms with Crippen LogP contribution in [0.3, 0.4) is 0 Å². The van der Waals surface area contributed by atoms with Crippen molar-refractivity contribution < 1.29 is 14.3 Å². The summed E-state index contributed by atoms with van der Waals surface area (Å²) in [6.45, 7) is 6.27. The molecule has 0 bridgehead atoms. The third kappa shape index (κ3) is 5.23. The van der Waals surface area contributed by atoms with Crippen LogP contribution in [0.1, 0.15) is 39.2 Å². The van der Waals surface area contributed by atoms with E-state index in [0.29, 0.717) is 19.4 Å². The first-order chi connectivity index (χ1) is 10.9. The molecule has 0 fully saturated rings. The topological polar surface area (TPSA) is 55.4 Å². The van der Waals surface area contributed by atoms with Gasteiger partial charge in [0.25, 0.3) is 0 Å². The maximum atomic E-state index is 12.3. The molecule has 0 saturated carbocycles. The molecule has 0 aliphatic heterocycles. The average Bonchev–Trinajstić information content (AvgIpc) is 2.45. The molecule has 1 aliphatic rings. The van der Waals surface area contributed by atoms with Crippen LogP contribution in [0.2, 0.25) is 0 Å². The molecule has 1 aromatic rings. The quantitative estimate of drug-likeness (QED) is 0.820. The van der Waals surface area contributed by atoms with Crippen LogP contribution in [0, 0.1) is 5.41 Å². The molecule has 1 N–H and O–H groups in total. The minimum absolute atomic E-state index is 0.0832. The number of allylic oxidation sites excluding steroid dienone is 2. The molecule has 23 heavy (non-hydrogen) atoms. The van der Waals surface area contributed by atoms with Gasteiger partial charge in [0.05, 0.1) is 6.61 Å². The summed E-state index contributed by atoms with van der Waals surface area (Å²) in [6.07, 6.45) is 3.46. The number of carbonyl (C=O) groups excluding carboxylic acids is 2. The van der Waals surface area contributed by atoms with E-state index >= 15 is 0 Å². The molecular formula is C19H25NO3. The lowest BCUT2D eigenvalue weighted by Crippen LogP contribution is -2.41. The van der Waals surface area contributed by atoms with Crippen LogP contribution in [0.25, 0.3) is 0 Å². The average molecular weight is 315 g/mol. The fourth-order valence-electron chi connectivity index (χ4n) is 2.95. The Morgan fingerprint density at radius 2 is 1.96 bits per heavy atom. The molecule has 4 heteroatoms. The minimum atomic E-state index is -0.481. The second-order valence-corrected chi connectivity index (χ2v) is 6.79. The van der Waals surface area contributed by atoms with Crippen molar-refractivity contribution in [3.63, 3.8) is 0 Å². The van der Waals surface area contributed by atoms with Crippen LogP contribution in [-0.4, -0.2) is 24.4 Å². The van der Waals surface area contributed by atoms with Crippen LogP contribution < -0.4 is 5.32 Å². The SMILES string of the molecule is CCOC(=O)[C@@H](Cc1ccccc1)NC1=CC(=O)CC(C)(C)C1. The highest BCUT2D eigenvalue weighted by Gasteiger charge is 2.30. The van der Waals surface area contributed by atoms with Crippen LogP contribution >= 0.6 is 0 Å². The second kappa shape index (κ2) is 7.44. The van der Waals surface area contributed by atoms with E-state index in [0.717, 1.165) is 17.7 Å². The summed E-state index contributed by atoms with van der Waals surface area (Å²) in [4.78, 5) is 24.2. The van der Waals surface area contributed by atoms with Crippen molar-refractivity contribution in [2.45, 2.75) is 46.1 Å². The number of nitrogens with one attached hydrogen (secondary N) is 1. The van der Waals surface area contributed by atoms with E-state index in [2.05, 4.69) is 19.2 Å². The third-order valence-electron chi connectivity index (χ3n) is 3.87. The van der Waals surface area contributed by atoms with Gasteiger partial charge in [0.15, 0.2) is 5.78 Å². The lowest BCUT2D eigenvalue weighted by atomic mass is 9.78. The Hall–Kier alpha value is -2.10. The number of hydrogen-bond acceptors (Lipinski definition) is 4. The summed E-state index contributed by atoms with van der Waals surface area (Å²) < 4.78 is 5.18. The van der Waals surface area contributed by atoms with Crippen LogP contribution in [0.4, 0.5) is 0 Å². The molecule has 0 heterocycles. The summed E-state index contributed by atoms with van der Waals surface area (Å²) in [6, 6.07) is 9.33. The Morgan fingerprint density at radius 3 is 2.57 bits per heavy atom. The first-order valence-corrected chi connectivity index (χ1v) is 8.10. The van der Waals surface area contributed by atoms with E-state index in [-0.39, 0.29) is 17.2 Å². The summed E-state index contributed by atoms with van der Waals surface area (Å²) >= 11 is 0. The third-order valence-corrected chi connectivity index (χ3v) is 3.87. The van der Waals surface area contributed by atoms with Gasteiger partial charge in [0.1, 0.15) is 6.04 Å². The van der Waals surface area contributed by atoms with Crippen LogP contribution in [0.5, 0.6) is 0 Å². The van der Waals surface area contributed by atoms with Crippen molar-refractivity contribution in [2.24, 2.45) is 5.41 Å². The normalized spacial score (nSPS) is 18.0. The molecule has 124 valence electrons. The number of hydrogen-bond donors (Lipinski definition) is 1. The molecule has 1 atom stereocenters. The predicted molar refractivity (Wildman–Crippen MR) is 89.8 cm³/mol. The van der Waals surface area contributed by atoms with Gasteiger partial charge in [-0.1, -0.05) is 44.2 Å².